The molecule has 2 aromatic carbocycles. The molecule has 0 aromatic heterocycles. The number of halogens is 4. The smallest absolute Gasteiger partial charge is 0.255 e. The highest BCUT2D eigenvalue weighted by Crippen LogP contribution is 2.48. The number of aliphatic hydroxyl groups is 2. The number of nitrogens with one attached hydrogen (secondary N) is 1. The Morgan fingerprint density at radius 3 is 2.32 bits per heavy atom. The van der Waals surface area contributed by atoms with Crippen LogP contribution in [-0.4, -0.2) is 55.2 Å². The molecule has 12 heteroatoms. The predicted octanol–water partition coefficient (Wildman–Crippen LogP) is 4.49. The number of benzene rings is 2. The Bertz CT molecular complexity index is 1270. The molecule has 0 saturated heterocycles. The summed E-state index contributed by atoms with van der Waals surface area (Å²) in [6.45, 7) is 0.0883. The largest absolute Gasteiger partial charge is 0.393 e. The lowest BCUT2D eigenvalue weighted by Gasteiger charge is -2.40. The molecule has 3 N–H and O–H groups in total. The molecule has 0 aliphatic heterocycles. The highest BCUT2D eigenvalue weighted by molar-refractivity contribution is 7.91. The Morgan fingerprint density at radius 1 is 1.08 bits per heavy atom. The Labute approximate surface area is 223 Å². The standard InChI is InChI=1S/C26H29ClF3NO6S/c27-19-6-5-15(25(33)31-18-10-20(28)23(30)21(29)11-18)9-22(19)38(35,36)8-2-1-7-37-24-16-3-4-17(24)13-26(34,12-16)14-32/h5-6,9-11,16-17,24,32,34H,1-4,7-8,12-14H2,(H,31,33)/t16-,17?,24?,26+/m0/s1. The van der Waals surface area contributed by atoms with Gasteiger partial charge in [0, 0.05) is 30.0 Å². The molecular formula is C26H29ClF3NO6S. The number of unbranched alkanes of at least 4 members (excludes halogenated alkanes) is 1. The van der Waals surface area contributed by atoms with Crippen LogP contribution in [0, 0.1) is 29.3 Å². The van der Waals surface area contributed by atoms with Crippen molar-refractivity contribution in [3.8, 4) is 0 Å². The lowest BCUT2D eigenvalue weighted by atomic mass is 9.76. The van der Waals surface area contributed by atoms with E-state index in [-0.39, 0.29) is 57.9 Å². The number of ether oxygens (including phenoxy) is 1. The summed E-state index contributed by atoms with van der Waals surface area (Å²) in [4.78, 5) is 12.3. The van der Waals surface area contributed by atoms with Crippen LogP contribution in [0.5, 0.6) is 0 Å². The molecule has 1 amide bonds. The van der Waals surface area contributed by atoms with E-state index in [1.165, 1.54) is 12.1 Å². The van der Waals surface area contributed by atoms with Gasteiger partial charge in [0.05, 0.1) is 34.0 Å². The number of aliphatic hydroxyl groups excluding tert-OH is 1. The molecule has 0 heterocycles. The van der Waals surface area contributed by atoms with E-state index >= 15 is 0 Å². The van der Waals surface area contributed by atoms with Crippen LogP contribution in [0.1, 0.15) is 48.9 Å². The van der Waals surface area contributed by atoms with Crippen molar-refractivity contribution in [3.05, 3.63) is 58.4 Å². The number of anilines is 1. The minimum absolute atomic E-state index is 0.00821. The van der Waals surface area contributed by atoms with Crippen LogP contribution in [0.4, 0.5) is 18.9 Å². The molecule has 2 aliphatic carbocycles. The second-order valence-electron chi connectivity index (χ2n) is 10.1. The van der Waals surface area contributed by atoms with Gasteiger partial charge in [-0.2, -0.15) is 0 Å². The monoisotopic (exact) mass is 575 g/mol. The number of hydrogen-bond donors (Lipinski definition) is 3. The maximum absolute atomic E-state index is 13.4. The summed E-state index contributed by atoms with van der Waals surface area (Å²) in [5, 5.41) is 22.0. The second-order valence-corrected chi connectivity index (χ2v) is 12.6. The van der Waals surface area contributed by atoms with E-state index in [0.717, 1.165) is 18.9 Å². The zero-order chi connectivity index (χ0) is 27.7. The lowest BCUT2D eigenvalue weighted by Crippen LogP contribution is -2.46. The van der Waals surface area contributed by atoms with E-state index in [1.54, 1.807) is 0 Å². The van der Waals surface area contributed by atoms with Crippen LogP contribution >= 0.6 is 11.6 Å². The van der Waals surface area contributed by atoms with Gasteiger partial charge in [-0.05, 0) is 68.6 Å². The maximum atomic E-state index is 13.4. The van der Waals surface area contributed by atoms with Crippen molar-refractivity contribution in [2.24, 2.45) is 11.8 Å². The van der Waals surface area contributed by atoms with Crippen molar-refractivity contribution < 1.29 is 41.3 Å². The third-order valence-electron chi connectivity index (χ3n) is 7.30. The average Bonchev–Trinajstić information content (AvgIpc) is 3.11. The third kappa shape index (κ3) is 6.34. The fourth-order valence-electron chi connectivity index (χ4n) is 5.48. The van der Waals surface area contributed by atoms with E-state index in [9.17, 15) is 36.6 Å². The summed E-state index contributed by atoms with van der Waals surface area (Å²) in [5.74, 6) is -5.38. The maximum Gasteiger partial charge on any atom is 0.255 e. The van der Waals surface area contributed by atoms with Crippen molar-refractivity contribution in [1.82, 2.24) is 0 Å². The summed E-state index contributed by atoms with van der Waals surface area (Å²) in [5.41, 5.74) is -1.49. The van der Waals surface area contributed by atoms with Gasteiger partial charge in [-0.3, -0.25) is 4.79 Å². The summed E-state index contributed by atoms with van der Waals surface area (Å²) in [6, 6.07) is 4.80. The van der Waals surface area contributed by atoms with Crippen molar-refractivity contribution in [2.75, 3.05) is 24.3 Å². The van der Waals surface area contributed by atoms with Gasteiger partial charge < -0.3 is 20.3 Å². The number of rotatable bonds is 10. The van der Waals surface area contributed by atoms with Gasteiger partial charge in [0.25, 0.3) is 5.91 Å². The van der Waals surface area contributed by atoms with E-state index in [4.69, 9.17) is 16.3 Å². The Morgan fingerprint density at radius 2 is 1.71 bits per heavy atom. The van der Waals surface area contributed by atoms with Crippen LogP contribution in [0.15, 0.2) is 35.2 Å². The zero-order valence-electron chi connectivity index (χ0n) is 20.4. The van der Waals surface area contributed by atoms with E-state index in [0.29, 0.717) is 38.0 Å². The number of carbonyl (C=O) groups excluding carboxylic acids is 1. The summed E-state index contributed by atoms with van der Waals surface area (Å²) >= 11 is 6.11. The summed E-state index contributed by atoms with van der Waals surface area (Å²) in [7, 11) is -3.87. The zero-order valence-corrected chi connectivity index (χ0v) is 22.0. The van der Waals surface area contributed by atoms with E-state index < -0.39 is 38.8 Å². The van der Waals surface area contributed by atoms with Crippen molar-refractivity contribution in [1.29, 1.82) is 0 Å². The number of carbonyl (C=O) groups is 1. The summed E-state index contributed by atoms with van der Waals surface area (Å²) in [6.07, 6.45) is 3.59. The molecule has 38 heavy (non-hydrogen) atoms. The third-order valence-corrected chi connectivity index (χ3v) is 9.58. The first-order chi connectivity index (χ1) is 17.9. The molecule has 0 spiro atoms. The molecule has 7 nitrogen and oxygen atoms in total. The van der Waals surface area contributed by atoms with E-state index in [1.807, 2.05) is 0 Å². The Balaban J connectivity index is 1.32. The van der Waals surface area contributed by atoms with Crippen LogP contribution < -0.4 is 5.32 Å². The number of fused-ring (bicyclic) bond motifs is 2. The van der Waals surface area contributed by atoms with Crippen molar-refractivity contribution >= 4 is 33.0 Å². The highest BCUT2D eigenvalue weighted by Gasteiger charge is 2.49. The molecule has 0 radical (unpaired) electrons. The molecule has 2 saturated carbocycles. The molecule has 4 rings (SSSR count). The average molecular weight is 576 g/mol. The molecule has 4 atom stereocenters. The van der Waals surface area contributed by atoms with Crippen LogP contribution in [-0.2, 0) is 14.6 Å². The minimum Gasteiger partial charge on any atom is -0.393 e. The lowest BCUT2D eigenvalue weighted by molar-refractivity contribution is -0.116. The number of sulfone groups is 1. The van der Waals surface area contributed by atoms with Crippen LogP contribution in [0.25, 0.3) is 0 Å². The molecular weight excluding hydrogens is 547 g/mol. The van der Waals surface area contributed by atoms with Gasteiger partial charge in [0.2, 0.25) is 0 Å². The number of amides is 1. The number of hydrogen-bond acceptors (Lipinski definition) is 6. The van der Waals surface area contributed by atoms with Gasteiger partial charge in [0.1, 0.15) is 0 Å². The molecule has 2 fully saturated rings. The Kier molecular flexibility index (Phi) is 8.73. The molecule has 2 unspecified atom stereocenters. The first kappa shape index (κ1) is 28.8. The fourth-order valence-corrected chi connectivity index (χ4v) is 7.42. The molecule has 208 valence electrons. The second kappa shape index (κ2) is 11.5. The first-order valence-corrected chi connectivity index (χ1v) is 14.4. The summed E-state index contributed by atoms with van der Waals surface area (Å²) < 4.78 is 72.0. The SMILES string of the molecule is O=C(Nc1cc(F)c(F)c(F)c1)c1ccc(Cl)c(S(=O)(=O)CCCCOC2C3CC[C@H]2C[C@](O)(CO)C3)c1. The molecule has 2 aromatic rings. The normalized spacial score (nSPS) is 24.9. The van der Waals surface area contributed by atoms with Gasteiger partial charge in [-0.15, -0.1) is 0 Å². The van der Waals surface area contributed by atoms with Crippen molar-refractivity contribution in [2.45, 2.75) is 55.1 Å². The van der Waals surface area contributed by atoms with Gasteiger partial charge in [-0.1, -0.05) is 11.6 Å². The van der Waals surface area contributed by atoms with Gasteiger partial charge >= 0.3 is 0 Å². The quantitative estimate of drug-likeness (QED) is 0.284. The first-order valence-electron chi connectivity index (χ1n) is 12.4. The fraction of sp³-hybridized carbons (Fsp3) is 0.500. The predicted molar refractivity (Wildman–Crippen MR) is 134 cm³/mol. The van der Waals surface area contributed by atoms with Crippen LogP contribution in [0.3, 0.4) is 0 Å². The van der Waals surface area contributed by atoms with Gasteiger partial charge in [0.15, 0.2) is 27.3 Å². The minimum atomic E-state index is -3.87. The molecule has 2 aliphatic rings. The topological polar surface area (TPSA) is 113 Å². The highest BCUT2D eigenvalue weighted by atomic mass is 35.5. The van der Waals surface area contributed by atoms with Crippen molar-refractivity contribution in [3.63, 3.8) is 0 Å². The Hall–Kier alpha value is -2.18. The van der Waals surface area contributed by atoms with E-state index in [2.05, 4.69) is 5.32 Å². The molecule has 2 bridgehead atoms. The van der Waals surface area contributed by atoms with Gasteiger partial charge in [-0.25, -0.2) is 21.6 Å². The van der Waals surface area contributed by atoms with Crippen LogP contribution in [0.2, 0.25) is 5.02 Å².